The van der Waals surface area contributed by atoms with Crippen molar-refractivity contribution in [3.05, 3.63) is 24.3 Å². The van der Waals surface area contributed by atoms with Crippen LogP contribution >= 0.6 is 0 Å². The molecule has 1 aromatic rings. The maximum Gasteiger partial charge on any atom is 0.180 e. The first-order chi connectivity index (χ1) is 11.0. The highest BCUT2D eigenvalue weighted by atomic mass is 32.2. The van der Waals surface area contributed by atoms with Crippen molar-refractivity contribution >= 4 is 15.5 Å². The molecule has 2 aliphatic carbocycles. The highest BCUT2D eigenvalue weighted by Crippen LogP contribution is 2.55. The summed E-state index contributed by atoms with van der Waals surface area (Å²) in [4.78, 5) is 0.426. The van der Waals surface area contributed by atoms with E-state index in [2.05, 4.69) is 5.32 Å². The third-order valence-corrected chi connectivity index (χ3v) is 7.41. The Kier molecular flexibility index (Phi) is 4.70. The summed E-state index contributed by atoms with van der Waals surface area (Å²) in [6, 6.07) is 7.61. The van der Waals surface area contributed by atoms with Crippen LogP contribution in [0.2, 0.25) is 0 Å². The molecular weight excluding hydrogens is 310 g/mol. The van der Waals surface area contributed by atoms with Crippen molar-refractivity contribution in [3.63, 3.8) is 0 Å². The van der Waals surface area contributed by atoms with Crippen LogP contribution in [0.3, 0.4) is 0 Å². The normalized spacial score (nSPS) is 26.2. The number of hydrogen-bond acceptors (Lipinski definition) is 4. The molecule has 1 spiro atoms. The summed E-state index contributed by atoms with van der Waals surface area (Å²) in [6.45, 7) is 4.49. The van der Waals surface area contributed by atoms with Gasteiger partial charge in [0.25, 0.3) is 0 Å². The first-order valence-electron chi connectivity index (χ1n) is 8.73. The topological polar surface area (TPSA) is 55.4 Å². The highest BCUT2D eigenvalue weighted by Gasteiger charge is 2.56. The Morgan fingerprint density at radius 1 is 1.22 bits per heavy atom. The molecule has 0 bridgehead atoms. The van der Waals surface area contributed by atoms with Crippen molar-refractivity contribution in [3.8, 4) is 0 Å². The molecule has 1 N–H and O–H groups in total. The molecule has 23 heavy (non-hydrogen) atoms. The summed E-state index contributed by atoms with van der Waals surface area (Å²) in [5.41, 5.74) is 0.944. The third kappa shape index (κ3) is 2.89. The van der Waals surface area contributed by atoms with Crippen LogP contribution in [0.4, 0.5) is 5.69 Å². The van der Waals surface area contributed by atoms with Crippen LogP contribution in [0.5, 0.6) is 0 Å². The maximum absolute atomic E-state index is 12.3. The van der Waals surface area contributed by atoms with Gasteiger partial charge in [0.05, 0.1) is 22.4 Å². The fourth-order valence-corrected chi connectivity index (χ4v) is 5.35. The quantitative estimate of drug-likeness (QED) is 0.861. The third-order valence-electron chi connectivity index (χ3n) is 5.62. The Bertz CT molecular complexity index is 650. The van der Waals surface area contributed by atoms with Gasteiger partial charge in [0, 0.05) is 18.1 Å². The lowest BCUT2D eigenvalue weighted by molar-refractivity contribution is -0.114. The van der Waals surface area contributed by atoms with E-state index >= 15 is 0 Å². The molecular formula is C18H27NO3S. The monoisotopic (exact) mass is 337 g/mol. The first-order valence-corrected chi connectivity index (χ1v) is 10.4. The lowest BCUT2D eigenvalue weighted by atomic mass is 9.60. The van der Waals surface area contributed by atoms with Gasteiger partial charge in [-0.15, -0.1) is 0 Å². The molecule has 2 unspecified atom stereocenters. The van der Waals surface area contributed by atoms with E-state index in [1.54, 1.807) is 19.1 Å². The molecule has 0 heterocycles. The average Bonchev–Trinajstić information content (AvgIpc) is 3.07. The van der Waals surface area contributed by atoms with Gasteiger partial charge >= 0.3 is 0 Å². The Morgan fingerprint density at radius 3 is 2.57 bits per heavy atom. The SMILES string of the molecule is CCOC1CC(Nc2ccccc2S(=O)(=O)CC)C12CCCC2. The van der Waals surface area contributed by atoms with Gasteiger partial charge in [0.15, 0.2) is 9.84 Å². The van der Waals surface area contributed by atoms with Crippen LogP contribution in [-0.4, -0.2) is 32.9 Å². The van der Waals surface area contributed by atoms with Gasteiger partial charge in [0.2, 0.25) is 0 Å². The van der Waals surface area contributed by atoms with Crippen LogP contribution in [-0.2, 0) is 14.6 Å². The molecule has 3 rings (SSSR count). The maximum atomic E-state index is 12.3. The molecule has 0 saturated heterocycles. The Labute approximate surface area is 139 Å². The predicted octanol–water partition coefficient (Wildman–Crippen LogP) is 3.63. The van der Waals surface area contributed by atoms with Gasteiger partial charge in [-0.05, 0) is 38.3 Å². The molecule has 2 saturated carbocycles. The van der Waals surface area contributed by atoms with Gasteiger partial charge in [-0.3, -0.25) is 0 Å². The van der Waals surface area contributed by atoms with Crippen LogP contribution in [0, 0.1) is 5.41 Å². The second-order valence-electron chi connectivity index (χ2n) is 6.72. The number of ether oxygens (including phenoxy) is 1. The average molecular weight is 337 g/mol. The molecule has 4 nitrogen and oxygen atoms in total. The number of hydrogen-bond donors (Lipinski definition) is 1. The highest BCUT2D eigenvalue weighted by molar-refractivity contribution is 7.91. The number of nitrogens with one attached hydrogen (secondary N) is 1. The second kappa shape index (κ2) is 6.44. The molecule has 2 atom stereocenters. The molecule has 2 fully saturated rings. The summed E-state index contributed by atoms with van der Waals surface area (Å²) in [7, 11) is -3.21. The van der Waals surface area contributed by atoms with Crippen molar-refractivity contribution in [1.29, 1.82) is 0 Å². The summed E-state index contributed by atoms with van der Waals surface area (Å²) < 4.78 is 30.6. The Balaban J connectivity index is 1.83. The lowest BCUT2D eigenvalue weighted by Gasteiger charge is -2.54. The van der Waals surface area contributed by atoms with Crippen LogP contribution < -0.4 is 5.32 Å². The van der Waals surface area contributed by atoms with E-state index in [0.717, 1.165) is 18.7 Å². The van der Waals surface area contributed by atoms with Crippen LogP contribution in [0.25, 0.3) is 0 Å². The smallest absolute Gasteiger partial charge is 0.180 e. The van der Waals surface area contributed by atoms with E-state index in [9.17, 15) is 8.42 Å². The first kappa shape index (κ1) is 16.8. The number of anilines is 1. The molecule has 2 aliphatic rings. The minimum absolute atomic E-state index is 0.128. The van der Waals surface area contributed by atoms with Gasteiger partial charge in [0.1, 0.15) is 0 Å². The molecule has 128 valence electrons. The standard InChI is InChI=1S/C18H27NO3S/c1-3-22-17-13-16(18(17)11-7-8-12-18)19-14-9-5-6-10-15(14)23(20,21)4-2/h5-6,9-10,16-17,19H,3-4,7-8,11-13H2,1-2H3. The van der Waals surface area contributed by atoms with Crippen molar-refractivity contribution in [2.45, 2.75) is 63.0 Å². The minimum Gasteiger partial charge on any atom is -0.380 e. The van der Waals surface area contributed by atoms with E-state index in [-0.39, 0.29) is 11.2 Å². The molecule has 5 heteroatoms. The summed E-state index contributed by atoms with van der Waals surface area (Å²) in [5, 5.41) is 3.55. The van der Waals surface area contributed by atoms with Gasteiger partial charge in [-0.2, -0.15) is 0 Å². The molecule has 0 amide bonds. The predicted molar refractivity (Wildman–Crippen MR) is 92.5 cm³/mol. The van der Waals surface area contributed by atoms with E-state index in [0.29, 0.717) is 17.0 Å². The largest absolute Gasteiger partial charge is 0.380 e. The van der Waals surface area contributed by atoms with E-state index in [1.165, 1.54) is 25.7 Å². The van der Waals surface area contributed by atoms with Crippen molar-refractivity contribution in [2.75, 3.05) is 17.7 Å². The van der Waals surface area contributed by atoms with E-state index in [4.69, 9.17) is 4.74 Å². The van der Waals surface area contributed by atoms with Crippen LogP contribution in [0.15, 0.2) is 29.2 Å². The molecule has 0 radical (unpaired) electrons. The zero-order valence-electron chi connectivity index (χ0n) is 14.0. The summed E-state index contributed by atoms with van der Waals surface area (Å²) in [6.07, 6.45) is 6.14. The minimum atomic E-state index is -3.21. The van der Waals surface area contributed by atoms with E-state index < -0.39 is 9.84 Å². The fraction of sp³-hybridized carbons (Fsp3) is 0.667. The van der Waals surface area contributed by atoms with Crippen molar-refractivity contribution < 1.29 is 13.2 Å². The Morgan fingerprint density at radius 2 is 1.91 bits per heavy atom. The summed E-state index contributed by atoms with van der Waals surface area (Å²) in [5.74, 6) is 0.128. The zero-order chi connectivity index (χ0) is 16.5. The number of para-hydroxylation sites is 1. The van der Waals surface area contributed by atoms with Crippen molar-refractivity contribution in [1.82, 2.24) is 0 Å². The molecule has 0 aliphatic heterocycles. The fourth-order valence-electron chi connectivity index (χ4n) is 4.29. The second-order valence-corrected chi connectivity index (χ2v) is 8.96. The van der Waals surface area contributed by atoms with Gasteiger partial charge in [-0.25, -0.2) is 8.42 Å². The van der Waals surface area contributed by atoms with Gasteiger partial charge < -0.3 is 10.1 Å². The zero-order valence-corrected chi connectivity index (χ0v) is 14.9. The van der Waals surface area contributed by atoms with Crippen molar-refractivity contribution in [2.24, 2.45) is 5.41 Å². The van der Waals surface area contributed by atoms with E-state index in [1.807, 2.05) is 19.1 Å². The number of sulfone groups is 1. The Hall–Kier alpha value is -1.07. The van der Waals surface area contributed by atoms with Gasteiger partial charge in [-0.1, -0.05) is 31.9 Å². The number of rotatable bonds is 6. The lowest BCUT2D eigenvalue weighted by Crippen LogP contribution is -2.60. The molecule has 0 aromatic heterocycles. The van der Waals surface area contributed by atoms with Crippen LogP contribution in [0.1, 0.15) is 46.0 Å². The summed E-state index contributed by atoms with van der Waals surface area (Å²) >= 11 is 0. The number of benzene rings is 1. The molecule has 1 aromatic carbocycles.